The second kappa shape index (κ2) is 5.90. The Morgan fingerprint density at radius 2 is 2.05 bits per heavy atom. The van der Waals surface area contributed by atoms with Gasteiger partial charge in [0.1, 0.15) is 16.7 Å². The number of benzene rings is 1. The van der Waals surface area contributed by atoms with E-state index in [9.17, 15) is 8.42 Å². The highest BCUT2D eigenvalue weighted by molar-refractivity contribution is 7.89. The van der Waals surface area contributed by atoms with Crippen LogP contribution in [0.25, 0.3) is 0 Å². The topological polar surface area (TPSA) is 67.4 Å². The van der Waals surface area contributed by atoms with E-state index in [1.807, 2.05) is 14.0 Å². The van der Waals surface area contributed by atoms with Gasteiger partial charge in [0, 0.05) is 12.6 Å². The zero-order valence-corrected chi connectivity index (χ0v) is 12.0. The minimum atomic E-state index is -3.48. The monoisotopic (exact) mass is 284 g/mol. The molecule has 106 valence electrons. The van der Waals surface area contributed by atoms with Crippen LogP contribution in [0, 0.1) is 0 Å². The van der Waals surface area contributed by atoms with Crippen LogP contribution in [-0.4, -0.2) is 34.2 Å². The second-order valence-corrected chi connectivity index (χ2v) is 6.51. The van der Waals surface area contributed by atoms with Crippen LogP contribution in [0.1, 0.15) is 19.8 Å². The van der Waals surface area contributed by atoms with Gasteiger partial charge in [-0.1, -0.05) is 12.1 Å². The van der Waals surface area contributed by atoms with Crippen molar-refractivity contribution in [1.82, 2.24) is 10.0 Å². The molecule has 0 heterocycles. The number of likely N-dealkylation sites (N-methyl/N-ethyl adjacent to an activating group) is 1. The summed E-state index contributed by atoms with van der Waals surface area (Å²) in [4.78, 5) is 0.213. The average molecular weight is 284 g/mol. The molecule has 0 bridgehead atoms. The minimum Gasteiger partial charge on any atom is -0.488 e. The molecule has 1 aromatic rings. The van der Waals surface area contributed by atoms with Crippen LogP contribution in [-0.2, 0) is 10.0 Å². The van der Waals surface area contributed by atoms with Crippen LogP contribution in [0.5, 0.6) is 5.75 Å². The van der Waals surface area contributed by atoms with E-state index in [0.29, 0.717) is 12.3 Å². The summed E-state index contributed by atoms with van der Waals surface area (Å²) < 4.78 is 32.8. The Hall–Kier alpha value is -1.11. The fraction of sp³-hybridized carbons (Fsp3) is 0.538. The number of hydrogen-bond acceptors (Lipinski definition) is 4. The van der Waals surface area contributed by atoms with Crippen LogP contribution in [0.4, 0.5) is 0 Å². The molecule has 0 aliphatic heterocycles. The van der Waals surface area contributed by atoms with E-state index >= 15 is 0 Å². The maximum absolute atomic E-state index is 12.2. The number of hydrogen-bond donors (Lipinski definition) is 2. The lowest BCUT2D eigenvalue weighted by atomic mass is 10.3. The van der Waals surface area contributed by atoms with Crippen molar-refractivity contribution in [2.24, 2.45) is 0 Å². The predicted octanol–water partition coefficient (Wildman–Crippen LogP) is 1.11. The summed E-state index contributed by atoms with van der Waals surface area (Å²) in [5, 5.41) is 3.00. The van der Waals surface area contributed by atoms with E-state index in [4.69, 9.17) is 4.74 Å². The molecule has 1 unspecified atom stereocenters. The Kier molecular flexibility index (Phi) is 4.44. The van der Waals surface area contributed by atoms with Gasteiger partial charge >= 0.3 is 0 Å². The van der Waals surface area contributed by atoms with Gasteiger partial charge in [-0.3, -0.25) is 0 Å². The van der Waals surface area contributed by atoms with E-state index < -0.39 is 10.0 Å². The molecule has 2 N–H and O–H groups in total. The maximum atomic E-state index is 12.2. The van der Waals surface area contributed by atoms with Crippen LogP contribution in [0.2, 0.25) is 0 Å². The van der Waals surface area contributed by atoms with Crippen LogP contribution >= 0.6 is 0 Å². The normalized spacial score (nSPS) is 17.2. The van der Waals surface area contributed by atoms with Gasteiger partial charge < -0.3 is 10.1 Å². The van der Waals surface area contributed by atoms with E-state index in [2.05, 4.69) is 10.0 Å². The van der Waals surface area contributed by atoms with Gasteiger partial charge in [-0.05, 0) is 38.9 Å². The number of para-hydroxylation sites is 1. The van der Waals surface area contributed by atoms with E-state index in [1.54, 1.807) is 24.3 Å². The summed E-state index contributed by atoms with van der Waals surface area (Å²) in [6, 6.07) is 6.83. The Morgan fingerprint density at radius 1 is 1.37 bits per heavy atom. The molecule has 0 spiro atoms. The molecular weight excluding hydrogens is 264 g/mol. The molecule has 1 atom stereocenters. The van der Waals surface area contributed by atoms with Gasteiger partial charge in [-0.2, -0.15) is 0 Å². The summed E-state index contributed by atoms with van der Waals surface area (Å²) in [6.45, 7) is 2.55. The molecule has 1 aliphatic carbocycles. The third-order valence-electron chi connectivity index (χ3n) is 2.86. The Bertz CT molecular complexity index is 526. The summed E-state index contributed by atoms with van der Waals surface area (Å²) in [5.74, 6) is 0.401. The molecule has 1 fully saturated rings. The summed E-state index contributed by atoms with van der Waals surface area (Å²) >= 11 is 0. The van der Waals surface area contributed by atoms with Crippen LogP contribution in [0.15, 0.2) is 29.2 Å². The fourth-order valence-corrected chi connectivity index (χ4v) is 3.24. The molecule has 0 aromatic heterocycles. The smallest absolute Gasteiger partial charge is 0.244 e. The largest absolute Gasteiger partial charge is 0.488 e. The van der Waals surface area contributed by atoms with Gasteiger partial charge in [0.15, 0.2) is 0 Å². The number of ether oxygens (including phenoxy) is 1. The van der Waals surface area contributed by atoms with Gasteiger partial charge in [-0.15, -0.1) is 0 Å². The SMILES string of the molecule is CNCC(C)Oc1ccccc1S(=O)(=O)NC1CC1. The summed E-state index contributed by atoms with van der Waals surface area (Å²) in [6.07, 6.45) is 1.74. The quantitative estimate of drug-likeness (QED) is 0.787. The van der Waals surface area contributed by atoms with Crippen molar-refractivity contribution in [2.75, 3.05) is 13.6 Å². The summed E-state index contributed by atoms with van der Waals surface area (Å²) in [7, 11) is -1.65. The van der Waals surface area contributed by atoms with Crippen molar-refractivity contribution < 1.29 is 13.2 Å². The zero-order valence-electron chi connectivity index (χ0n) is 11.2. The van der Waals surface area contributed by atoms with Crippen molar-refractivity contribution in [3.63, 3.8) is 0 Å². The van der Waals surface area contributed by atoms with Gasteiger partial charge in [0.05, 0.1) is 0 Å². The van der Waals surface area contributed by atoms with Gasteiger partial charge in [0.25, 0.3) is 0 Å². The van der Waals surface area contributed by atoms with E-state index in [-0.39, 0.29) is 17.0 Å². The Balaban J connectivity index is 2.19. The van der Waals surface area contributed by atoms with Crippen molar-refractivity contribution in [1.29, 1.82) is 0 Å². The van der Waals surface area contributed by atoms with Crippen molar-refractivity contribution in [3.8, 4) is 5.75 Å². The minimum absolute atomic E-state index is 0.0905. The molecule has 19 heavy (non-hydrogen) atoms. The van der Waals surface area contributed by atoms with Crippen molar-refractivity contribution in [2.45, 2.75) is 36.8 Å². The maximum Gasteiger partial charge on any atom is 0.244 e. The standard InChI is InChI=1S/C13H20N2O3S/c1-10(9-14-2)18-12-5-3-4-6-13(12)19(16,17)15-11-7-8-11/h3-6,10-11,14-15H,7-9H2,1-2H3. The molecule has 6 heteroatoms. The molecule has 1 aliphatic rings. The Labute approximate surface area is 114 Å². The first kappa shape index (κ1) is 14.3. The Morgan fingerprint density at radius 3 is 2.68 bits per heavy atom. The highest BCUT2D eigenvalue weighted by atomic mass is 32.2. The second-order valence-electron chi connectivity index (χ2n) is 4.83. The van der Waals surface area contributed by atoms with Crippen molar-refractivity contribution >= 4 is 10.0 Å². The number of rotatable bonds is 7. The molecule has 5 nitrogen and oxygen atoms in total. The molecule has 0 saturated heterocycles. The lowest BCUT2D eigenvalue weighted by Crippen LogP contribution is -2.29. The first-order valence-electron chi connectivity index (χ1n) is 6.45. The molecule has 2 rings (SSSR count). The molecule has 0 radical (unpaired) electrons. The lowest BCUT2D eigenvalue weighted by molar-refractivity contribution is 0.215. The highest BCUT2D eigenvalue weighted by Crippen LogP contribution is 2.27. The summed E-state index contributed by atoms with van der Waals surface area (Å²) in [5.41, 5.74) is 0. The third-order valence-corrected chi connectivity index (χ3v) is 4.42. The molecule has 0 amide bonds. The fourth-order valence-electron chi connectivity index (χ4n) is 1.80. The van der Waals surface area contributed by atoms with Crippen LogP contribution in [0.3, 0.4) is 0 Å². The predicted molar refractivity (Wildman–Crippen MR) is 73.8 cm³/mol. The van der Waals surface area contributed by atoms with Gasteiger partial charge in [-0.25, -0.2) is 13.1 Å². The van der Waals surface area contributed by atoms with E-state index in [1.165, 1.54) is 0 Å². The molecular formula is C13H20N2O3S. The van der Waals surface area contributed by atoms with Crippen LogP contribution < -0.4 is 14.8 Å². The van der Waals surface area contributed by atoms with E-state index in [0.717, 1.165) is 12.8 Å². The first-order valence-corrected chi connectivity index (χ1v) is 7.94. The zero-order chi connectivity index (χ0) is 13.9. The lowest BCUT2D eigenvalue weighted by Gasteiger charge is -2.17. The van der Waals surface area contributed by atoms with Crippen molar-refractivity contribution in [3.05, 3.63) is 24.3 Å². The van der Waals surface area contributed by atoms with Gasteiger partial charge in [0.2, 0.25) is 10.0 Å². The number of sulfonamides is 1. The highest BCUT2D eigenvalue weighted by Gasteiger charge is 2.29. The molecule has 1 aromatic carbocycles. The number of nitrogens with one attached hydrogen (secondary N) is 2. The first-order chi connectivity index (χ1) is 9.03. The third kappa shape index (κ3) is 3.92. The molecule has 1 saturated carbocycles. The average Bonchev–Trinajstić information content (AvgIpc) is 3.13.